The van der Waals surface area contributed by atoms with Gasteiger partial charge in [-0.2, -0.15) is 13.2 Å². The average molecular weight is 609 g/mol. The fourth-order valence-corrected chi connectivity index (χ4v) is 6.01. The van der Waals surface area contributed by atoms with Crippen molar-refractivity contribution in [1.82, 2.24) is 10.2 Å². The first kappa shape index (κ1) is 32.7. The SMILES string of the molecule is F.O=C(O)[C@H](CCCC(F)(F)F)NC(=O)C1(c2ccc(-c3ccccc3)cc2)CCN(Cc2ccc3ccccc3c2)CC1. The number of fused-ring (bicyclic) bond motifs is 1. The zero-order valence-electron chi connectivity index (χ0n) is 24.2. The maximum absolute atomic E-state index is 13.9. The lowest BCUT2D eigenvalue weighted by atomic mass is 9.71. The molecule has 0 aromatic heterocycles. The Morgan fingerprint density at radius 1 is 0.841 bits per heavy atom. The van der Waals surface area contributed by atoms with Gasteiger partial charge in [-0.15, -0.1) is 0 Å². The van der Waals surface area contributed by atoms with E-state index in [1.54, 1.807) is 0 Å². The number of carbonyl (C=O) groups excluding carboxylic acids is 1. The largest absolute Gasteiger partial charge is 0.480 e. The van der Waals surface area contributed by atoms with Crippen LogP contribution in [0.1, 0.15) is 43.2 Å². The normalized spacial score (nSPS) is 15.7. The van der Waals surface area contributed by atoms with Crippen molar-refractivity contribution in [2.75, 3.05) is 13.1 Å². The number of alkyl halides is 3. The molecule has 0 radical (unpaired) electrons. The molecule has 44 heavy (non-hydrogen) atoms. The van der Waals surface area contributed by atoms with Gasteiger partial charge < -0.3 is 10.4 Å². The van der Waals surface area contributed by atoms with E-state index in [1.807, 2.05) is 66.7 Å². The van der Waals surface area contributed by atoms with Crippen LogP contribution in [0.4, 0.5) is 17.9 Å². The molecule has 1 amide bonds. The summed E-state index contributed by atoms with van der Waals surface area (Å²) < 4.78 is 38.2. The minimum atomic E-state index is -4.38. The first-order valence-electron chi connectivity index (χ1n) is 14.6. The number of amides is 1. The maximum atomic E-state index is 13.9. The van der Waals surface area contributed by atoms with Gasteiger partial charge in [0.15, 0.2) is 0 Å². The highest BCUT2D eigenvalue weighted by Crippen LogP contribution is 2.38. The Morgan fingerprint density at radius 3 is 2.09 bits per heavy atom. The smallest absolute Gasteiger partial charge is 0.389 e. The van der Waals surface area contributed by atoms with E-state index in [2.05, 4.69) is 40.5 Å². The number of carboxylic acid groups (broad SMARTS) is 1. The third-order valence-corrected chi connectivity index (χ3v) is 8.47. The molecule has 1 saturated heterocycles. The van der Waals surface area contributed by atoms with Crippen molar-refractivity contribution < 1.29 is 32.6 Å². The monoisotopic (exact) mass is 608 g/mol. The molecule has 2 N–H and O–H groups in total. The Morgan fingerprint density at radius 2 is 1.45 bits per heavy atom. The Hall–Kier alpha value is -4.24. The van der Waals surface area contributed by atoms with Gasteiger partial charge in [0.25, 0.3) is 0 Å². The van der Waals surface area contributed by atoms with Crippen LogP contribution >= 0.6 is 0 Å². The number of likely N-dealkylation sites (tertiary alicyclic amines) is 1. The molecule has 1 atom stereocenters. The summed E-state index contributed by atoms with van der Waals surface area (Å²) in [5, 5.41) is 14.7. The zero-order chi connectivity index (χ0) is 30.5. The molecule has 1 aliphatic heterocycles. The van der Waals surface area contributed by atoms with E-state index in [0.29, 0.717) is 32.5 Å². The number of aliphatic carboxylic acids is 1. The molecule has 1 heterocycles. The highest BCUT2D eigenvalue weighted by molar-refractivity contribution is 5.92. The van der Waals surface area contributed by atoms with Gasteiger partial charge >= 0.3 is 12.1 Å². The lowest BCUT2D eigenvalue weighted by Gasteiger charge is -2.41. The van der Waals surface area contributed by atoms with E-state index in [1.165, 1.54) is 10.9 Å². The minimum Gasteiger partial charge on any atom is -0.480 e. The standard InChI is InChI=1S/C35H35F3N2O3.FH/c36-35(37,38)18-6-11-31(32(41)42)39-33(43)34(30-16-14-28(15-17-30)26-7-2-1-3-8-26)19-21-40(22-20-34)24-25-12-13-27-9-4-5-10-29(27)23-25;/h1-5,7-10,12-17,23,31H,6,11,18-22,24H2,(H,39,43)(H,41,42);1H/t31-;/m0./s1. The van der Waals surface area contributed by atoms with Gasteiger partial charge in [0.2, 0.25) is 5.91 Å². The van der Waals surface area contributed by atoms with E-state index < -0.39 is 35.9 Å². The summed E-state index contributed by atoms with van der Waals surface area (Å²) in [6, 6.07) is 30.8. The van der Waals surface area contributed by atoms with E-state index in [4.69, 9.17) is 0 Å². The lowest BCUT2D eigenvalue weighted by molar-refractivity contribution is -0.145. The quantitative estimate of drug-likeness (QED) is 0.183. The van der Waals surface area contributed by atoms with Crippen LogP contribution in [0, 0.1) is 0 Å². The molecule has 9 heteroatoms. The van der Waals surface area contributed by atoms with Crippen LogP contribution in [0.2, 0.25) is 0 Å². The molecule has 0 saturated carbocycles. The van der Waals surface area contributed by atoms with Gasteiger partial charge in [0.05, 0.1) is 5.41 Å². The second kappa shape index (κ2) is 14.0. The van der Waals surface area contributed by atoms with Crippen LogP contribution in [0.15, 0.2) is 97.1 Å². The van der Waals surface area contributed by atoms with Crippen molar-refractivity contribution in [2.45, 2.75) is 56.3 Å². The molecule has 4 aromatic rings. The summed E-state index contributed by atoms with van der Waals surface area (Å²) in [5.74, 6) is -1.79. The first-order valence-corrected chi connectivity index (χ1v) is 14.6. The summed E-state index contributed by atoms with van der Waals surface area (Å²) in [7, 11) is 0. The molecule has 0 aliphatic carbocycles. The predicted octanol–water partition coefficient (Wildman–Crippen LogP) is 7.50. The van der Waals surface area contributed by atoms with Gasteiger partial charge in [-0.05, 0) is 77.9 Å². The average Bonchev–Trinajstić information content (AvgIpc) is 3.01. The van der Waals surface area contributed by atoms with Gasteiger partial charge in [-0.25, -0.2) is 4.79 Å². The van der Waals surface area contributed by atoms with Crippen LogP contribution in [-0.4, -0.2) is 47.2 Å². The molecule has 0 bridgehead atoms. The van der Waals surface area contributed by atoms with E-state index in [0.717, 1.165) is 22.1 Å². The molecule has 0 unspecified atom stereocenters. The highest BCUT2D eigenvalue weighted by Gasteiger charge is 2.44. The first-order chi connectivity index (χ1) is 20.6. The minimum absolute atomic E-state index is 0. The summed E-state index contributed by atoms with van der Waals surface area (Å²) in [6.07, 6.45) is -5.25. The number of piperidine rings is 1. The number of carboxylic acids is 1. The molecule has 0 spiro atoms. The third-order valence-electron chi connectivity index (χ3n) is 8.47. The van der Waals surface area contributed by atoms with Crippen molar-refractivity contribution >= 4 is 22.6 Å². The molecule has 1 fully saturated rings. The Bertz CT molecular complexity index is 1550. The number of nitrogens with zero attached hydrogens (tertiary/aromatic N) is 1. The summed E-state index contributed by atoms with van der Waals surface area (Å²) >= 11 is 0. The van der Waals surface area contributed by atoms with E-state index in [9.17, 15) is 27.9 Å². The van der Waals surface area contributed by atoms with Crippen LogP contribution in [0.25, 0.3) is 21.9 Å². The number of rotatable bonds is 10. The number of benzene rings is 4. The fourth-order valence-electron chi connectivity index (χ4n) is 6.01. The van der Waals surface area contributed by atoms with Gasteiger partial charge in [0.1, 0.15) is 6.04 Å². The molecular weight excluding hydrogens is 572 g/mol. The van der Waals surface area contributed by atoms with Gasteiger partial charge in [-0.1, -0.05) is 91.0 Å². The predicted molar refractivity (Wildman–Crippen MR) is 164 cm³/mol. The molecule has 5 nitrogen and oxygen atoms in total. The Balaban J connectivity index is 0.00000442. The zero-order valence-corrected chi connectivity index (χ0v) is 24.2. The van der Waals surface area contributed by atoms with Crippen LogP contribution in [0.5, 0.6) is 0 Å². The van der Waals surface area contributed by atoms with Crippen molar-refractivity contribution in [2.24, 2.45) is 0 Å². The van der Waals surface area contributed by atoms with Crippen molar-refractivity contribution in [3.8, 4) is 11.1 Å². The number of halogens is 4. The Labute approximate surface area is 254 Å². The molecule has 232 valence electrons. The maximum Gasteiger partial charge on any atom is 0.389 e. The summed E-state index contributed by atoms with van der Waals surface area (Å²) in [5.41, 5.74) is 2.96. The molecule has 1 aliphatic rings. The summed E-state index contributed by atoms with van der Waals surface area (Å²) in [4.78, 5) is 28.2. The van der Waals surface area contributed by atoms with Crippen LogP contribution in [-0.2, 0) is 21.5 Å². The fraction of sp³-hybridized carbons (Fsp3) is 0.314. The number of hydrogen-bond acceptors (Lipinski definition) is 3. The summed E-state index contributed by atoms with van der Waals surface area (Å²) in [6.45, 7) is 1.92. The van der Waals surface area contributed by atoms with Crippen molar-refractivity contribution in [1.29, 1.82) is 0 Å². The van der Waals surface area contributed by atoms with Crippen LogP contribution in [0.3, 0.4) is 0 Å². The van der Waals surface area contributed by atoms with Crippen molar-refractivity contribution in [3.63, 3.8) is 0 Å². The second-order valence-electron chi connectivity index (χ2n) is 11.4. The lowest BCUT2D eigenvalue weighted by Crippen LogP contribution is -2.55. The van der Waals surface area contributed by atoms with Gasteiger partial charge in [-0.3, -0.25) is 14.4 Å². The van der Waals surface area contributed by atoms with Crippen LogP contribution < -0.4 is 5.32 Å². The van der Waals surface area contributed by atoms with Gasteiger partial charge in [0, 0.05) is 13.0 Å². The third kappa shape index (κ3) is 7.82. The van der Waals surface area contributed by atoms with E-state index >= 15 is 0 Å². The number of nitrogens with one attached hydrogen (secondary N) is 1. The van der Waals surface area contributed by atoms with E-state index in [-0.39, 0.29) is 17.5 Å². The number of hydrogen-bond donors (Lipinski definition) is 2. The number of carbonyl (C=O) groups is 2. The second-order valence-corrected chi connectivity index (χ2v) is 11.4. The molecule has 5 rings (SSSR count). The topological polar surface area (TPSA) is 69.6 Å². The molecule has 4 aromatic carbocycles. The molecular formula is C35H36F4N2O3. The Kier molecular flexibility index (Phi) is 10.4. The van der Waals surface area contributed by atoms with Crippen molar-refractivity contribution in [3.05, 3.63) is 108 Å². The highest BCUT2D eigenvalue weighted by atomic mass is 19.4.